The fraction of sp³-hybridized carbons (Fsp3) is 0.640. The van der Waals surface area contributed by atoms with Crippen LogP contribution < -0.4 is 15.5 Å². The molecule has 3 aliphatic heterocycles. The highest BCUT2D eigenvalue weighted by atomic mass is 35.5. The monoisotopic (exact) mass is 534 g/mol. The molecule has 0 unspecified atom stereocenters. The first-order valence-electron chi connectivity index (χ1n) is 12.7. The lowest BCUT2D eigenvalue weighted by molar-refractivity contribution is 0.0973. The molecule has 2 aromatic heterocycles. The molecule has 0 amide bonds. The van der Waals surface area contributed by atoms with Gasteiger partial charge in [-0.15, -0.1) is 0 Å². The zero-order valence-corrected chi connectivity index (χ0v) is 22.2. The molecule has 3 fully saturated rings. The minimum atomic E-state index is -0.187. The number of anilines is 2. The summed E-state index contributed by atoms with van der Waals surface area (Å²) in [5.74, 6) is 1.83. The number of halogens is 1. The van der Waals surface area contributed by atoms with Crippen molar-refractivity contribution < 1.29 is 14.9 Å². The van der Waals surface area contributed by atoms with Crippen LogP contribution in [0.5, 0.6) is 0 Å². The molecule has 9 nitrogen and oxygen atoms in total. The Morgan fingerprint density at radius 2 is 1.86 bits per heavy atom. The van der Waals surface area contributed by atoms with E-state index in [1.54, 1.807) is 12.4 Å². The summed E-state index contributed by atoms with van der Waals surface area (Å²) in [6, 6.07) is 1.93. The largest absolute Gasteiger partial charge is 0.396 e. The SMILES string of the molecule is C[C@@H]1OCC2(CCN(c3ncc(Sc4ccnc(N5CCC(CO)CC5)c4Cl)nc3CO)CC2)[C@@H]1N. The lowest BCUT2D eigenvalue weighted by atomic mass is 9.73. The molecule has 3 aliphatic rings. The number of aliphatic hydroxyl groups excluding tert-OH is 2. The molecule has 0 bridgehead atoms. The Morgan fingerprint density at radius 3 is 2.50 bits per heavy atom. The molecule has 0 aromatic carbocycles. The van der Waals surface area contributed by atoms with Crippen LogP contribution in [0.25, 0.3) is 0 Å². The van der Waals surface area contributed by atoms with E-state index in [0.29, 0.717) is 28.3 Å². The molecule has 5 heterocycles. The number of aromatic nitrogens is 3. The molecule has 0 radical (unpaired) electrons. The molecule has 2 atom stereocenters. The van der Waals surface area contributed by atoms with Gasteiger partial charge in [-0.2, -0.15) is 0 Å². The Bertz CT molecular complexity index is 1060. The lowest BCUT2D eigenvalue weighted by Crippen LogP contribution is -2.51. The highest BCUT2D eigenvalue weighted by molar-refractivity contribution is 7.99. The second-order valence-electron chi connectivity index (χ2n) is 10.2. The maximum Gasteiger partial charge on any atom is 0.152 e. The second-order valence-corrected chi connectivity index (χ2v) is 11.6. The van der Waals surface area contributed by atoms with Gasteiger partial charge in [-0.1, -0.05) is 23.4 Å². The molecule has 1 spiro atoms. The van der Waals surface area contributed by atoms with Crippen molar-refractivity contribution in [3.8, 4) is 0 Å². The van der Waals surface area contributed by atoms with Gasteiger partial charge in [0.05, 0.1) is 30.5 Å². The van der Waals surface area contributed by atoms with Crippen LogP contribution in [0.1, 0.15) is 38.3 Å². The number of hydrogen-bond acceptors (Lipinski definition) is 10. The van der Waals surface area contributed by atoms with E-state index in [-0.39, 0.29) is 30.8 Å². The molecular formula is C25H35ClN6O3S. The van der Waals surface area contributed by atoms with Gasteiger partial charge in [0.15, 0.2) is 5.82 Å². The minimum absolute atomic E-state index is 0.0294. The van der Waals surface area contributed by atoms with Gasteiger partial charge in [-0.25, -0.2) is 15.0 Å². The third kappa shape index (κ3) is 5.04. The van der Waals surface area contributed by atoms with Gasteiger partial charge in [0.1, 0.15) is 16.5 Å². The predicted octanol–water partition coefficient (Wildman–Crippen LogP) is 2.71. The van der Waals surface area contributed by atoms with Gasteiger partial charge in [0.2, 0.25) is 0 Å². The molecule has 36 heavy (non-hydrogen) atoms. The first-order valence-corrected chi connectivity index (χ1v) is 13.9. The highest BCUT2D eigenvalue weighted by Crippen LogP contribution is 2.42. The Morgan fingerprint density at radius 1 is 1.14 bits per heavy atom. The van der Waals surface area contributed by atoms with Crippen molar-refractivity contribution in [2.75, 3.05) is 49.2 Å². The smallest absolute Gasteiger partial charge is 0.152 e. The van der Waals surface area contributed by atoms with E-state index in [9.17, 15) is 10.2 Å². The first-order chi connectivity index (χ1) is 17.4. The van der Waals surface area contributed by atoms with Crippen LogP contribution in [0.2, 0.25) is 5.02 Å². The molecule has 0 saturated carbocycles. The van der Waals surface area contributed by atoms with Crippen LogP contribution in [-0.2, 0) is 11.3 Å². The number of piperidine rings is 2. The number of rotatable bonds is 6. The standard InChI is InChI=1S/C25H35ClN6O3S/c1-16-22(27)25(15-35-16)5-10-32(11-6-25)23-18(14-34)30-20(12-29-23)36-19-2-7-28-24(21(19)26)31-8-3-17(13-33)4-9-31/h2,7,12,16-17,22,33-34H,3-6,8-11,13-15,27H2,1H3/t16-,22+/m0/s1. The topological polar surface area (TPSA) is 121 Å². The van der Waals surface area contributed by atoms with Crippen molar-refractivity contribution in [1.82, 2.24) is 15.0 Å². The molecule has 4 N–H and O–H groups in total. The Labute approximate surface area is 221 Å². The van der Waals surface area contributed by atoms with Crippen molar-refractivity contribution in [1.29, 1.82) is 0 Å². The van der Waals surface area contributed by atoms with E-state index in [0.717, 1.165) is 68.4 Å². The van der Waals surface area contributed by atoms with Crippen LogP contribution in [0.3, 0.4) is 0 Å². The van der Waals surface area contributed by atoms with Crippen molar-refractivity contribution in [2.24, 2.45) is 17.1 Å². The number of aliphatic hydroxyl groups is 2. The van der Waals surface area contributed by atoms with E-state index in [4.69, 9.17) is 32.0 Å². The summed E-state index contributed by atoms with van der Waals surface area (Å²) in [5, 5.41) is 20.8. The summed E-state index contributed by atoms with van der Waals surface area (Å²) >= 11 is 8.19. The van der Waals surface area contributed by atoms with Gasteiger partial charge in [-0.3, -0.25) is 0 Å². The van der Waals surface area contributed by atoms with E-state index in [1.807, 2.05) is 6.07 Å². The quantitative estimate of drug-likeness (QED) is 0.510. The van der Waals surface area contributed by atoms with E-state index < -0.39 is 0 Å². The van der Waals surface area contributed by atoms with Gasteiger partial charge in [0, 0.05) is 55.3 Å². The zero-order valence-electron chi connectivity index (χ0n) is 20.6. The molecule has 3 saturated heterocycles. The van der Waals surface area contributed by atoms with Crippen molar-refractivity contribution >= 4 is 35.0 Å². The van der Waals surface area contributed by atoms with Crippen LogP contribution in [0.15, 0.2) is 28.4 Å². The predicted molar refractivity (Wildman–Crippen MR) is 141 cm³/mol. The lowest BCUT2D eigenvalue weighted by Gasteiger charge is -2.41. The summed E-state index contributed by atoms with van der Waals surface area (Å²) in [4.78, 5) is 19.2. The summed E-state index contributed by atoms with van der Waals surface area (Å²) in [6.45, 7) is 6.07. The number of nitrogens with two attached hydrogens (primary N) is 1. The van der Waals surface area contributed by atoms with Crippen molar-refractivity contribution in [2.45, 2.75) is 61.3 Å². The third-order valence-corrected chi connectivity index (χ3v) is 9.53. The highest BCUT2D eigenvalue weighted by Gasteiger charge is 2.47. The fourth-order valence-electron chi connectivity index (χ4n) is 5.61. The van der Waals surface area contributed by atoms with Gasteiger partial charge < -0.3 is 30.5 Å². The fourth-order valence-corrected chi connectivity index (χ4v) is 6.76. The summed E-state index contributed by atoms with van der Waals surface area (Å²) in [6.07, 6.45) is 7.33. The van der Waals surface area contributed by atoms with Gasteiger partial charge in [-0.05, 0) is 44.6 Å². The minimum Gasteiger partial charge on any atom is -0.396 e. The number of pyridine rings is 1. The Balaban J connectivity index is 1.28. The average Bonchev–Trinajstić information content (AvgIpc) is 3.19. The maximum absolute atomic E-state index is 10.1. The zero-order chi connectivity index (χ0) is 25.3. The maximum atomic E-state index is 10.1. The van der Waals surface area contributed by atoms with Crippen LogP contribution in [-0.4, -0.2) is 76.7 Å². The summed E-state index contributed by atoms with van der Waals surface area (Å²) < 4.78 is 5.84. The molecule has 11 heteroatoms. The number of nitrogens with zero attached hydrogens (tertiary/aromatic N) is 5. The number of hydrogen-bond donors (Lipinski definition) is 3. The average molecular weight is 535 g/mol. The first kappa shape index (κ1) is 25.9. The molecule has 196 valence electrons. The summed E-state index contributed by atoms with van der Waals surface area (Å²) in [7, 11) is 0. The Hall–Kier alpha value is -1.69. The second kappa shape index (κ2) is 11.0. The summed E-state index contributed by atoms with van der Waals surface area (Å²) in [5.41, 5.74) is 7.05. The van der Waals surface area contributed by atoms with Crippen molar-refractivity contribution in [3.63, 3.8) is 0 Å². The van der Waals surface area contributed by atoms with E-state index in [1.165, 1.54) is 11.8 Å². The third-order valence-electron chi connectivity index (χ3n) is 8.08. The van der Waals surface area contributed by atoms with Crippen LogP contribution in [0.4, 0.5) is 11.6 Å². The number of ether oxygens (including phenoxy) is 1. The van der Waals surface area contributed by atoms with Crippen LogP contribution in [0, 0.1) is 11.3 Å². The molecule has 2 aromatic rings. The van der Waals surface area contributed by atoms with E-state index in [2.05, 4.69) is 21.7 Å². The molecular weight excluding hydrogens is 500 g/mol. The normalized spacial score (nSPS) is 24.6. The van der Waals surface area contributed by atoms with Crippen LogP contribution >= 0.6 is 23.4 Å². The molecule has 0 aliphatic carbocycles. The Kier molecular flexibility index (Phi) is 7.90. The van der Waals surface area contributed by atoms with Gasteiger partial charge in [0.25, 0.3) is 0 Å². The van der Waals surface area contributed by atoms with Crippen molar-refractivity contribution in [3.05, 3.63) is 29.2 Å². The van der Waals surface area contributed by atoms with E-state index >= 15 is 0 Å². The van der Waals surface area contributed by atoms with Gasteiger partial charge >= 0.3 is 0 Å². The molecule has 5 rings (SSSR count).